The Labute approximate surface area is 163 Å². The van der Waals surface area contributed by atoms with Crippen LogP contribution in [-0.2, 0) is 13.1 Å². The fourth-order valence-corrected chi connectivity index (χ4v) is 4.16. The Morgan fingerprint density at radius 1 is 1.32 bits per heavy atom. The van der Waals surface area contributed by atoms with Gasteiger partial charge in [-0.05, 0) is 44.7 Å². The van der Waals surface area contributed by atoms with Gasteiger partial charge in [-0.2, -0.15) is 0 Å². The minimum absolute atomic E-state index is 0.231. The number of hydrogen-bond donors (Lipinski definition) is 1. The number of benzene rings is 1. The number of fused-ring (bicyclic) bond motifs is 1. The van der Waals surface area contributed by atoms with Crippen molar-refractivity contribution in [3.63, 3.8) is 0 Å². The molecule has 0 amide bonds. The van der Waals surface area contributed by atoms with E-state index in [4.69, 9.17) is 4.74 Å². The number of H-pyrrole nitrogens is 1. The quantitative estimate of drug-likeness (QED) is 0.727. The first-order valence-corrected chi connectivity index (χ1v) is 9.70. The highest BCUT2D eigenvalue weighted by molar-refractivity contribution is 5.67. The first-order valence-electron chi connectivity index (χ1n) is 9.70. The van der Waals surface area contributed by atoms with Crippen LogP contribution in [0.2, 0.25) is 0 Å². The lowest BCUT2D eigenvalue weighted by Gasteiger charge is -2.33. The normalized spacial score (nSPS) is 17.9. The fourth-order valence-electron chi connectivity index (χ4n) is 4.16. The molecule has 2 aromatic heterocycles. The van der Waals surface area contributed by atoms with Gasteiger partial charge in [0.15, 0.2) is 11.2 Å². The third-order valence-corrected chi connectivity index (χ3v) is 5.42. The summed E-state index contributed by atoms with van der Waals surface area (Å²) in [5.74, 6) is 2.00. The summed E-state index contributed by atoms with van der Waals surface area (Å²) in [5, 5.41) is 8.21. The van der Waals surface area contributed by atoms with Gasteiger partial charge in [0, 0.05) is 25.2 Å². The van der Waals surface area contributed by atoms with Crippen molar-refractivity contribution >= 4 is 11.2 Å². The number of aryl methyl sites for hydroxylation is 2. The molecule has 4 rings (SSSR count). The minimum Gasteiger partial charge on any atom is -0.496 e. The number of nitrogens with zero attached hydrogens (tertiary/aromatic N) is 5. The van der Waals surface area contributed by atoms with Gasteiger partial charge in [0.25, 0.3) is 5.56 Å². The first kappa shape index (κ1) is 18.6. The Kier molecular flexibility index (Phi) is 5.13. The zero-order valence-corrected chi connectivity index (χ0v) is 16.6. The molecule has 1 fully saturated rings. The van der Waals surface area contributed by atoms with Crippen molar-refractivity contribution in [2.45, 2.75) is 39.8 Å². The molecule has 8 heteroatoms. The smallest absolute Gasteiger partial charge is 0.281 e. The van der Waals surface area contributed by atoms with E-state index in [1.54, 1.807) is 18.7 Å². The van der Waals surface area contributed by atoms with Gasteiger partial charge in [0.2, 0.25) is 0 Å². The number of nitrogens with one attached hydrogen (secondary N) is 1. The largest absolute Gasteiger partial charge is 0.496 e. The number of rotatable bonds is 5. The Balaban J connectivity index is 1.49. The highest BCUT2D eigenvalue weighted by atomic mass is 16.5. The van der Waals surface area contributed by atoms with Crippen LogP contribution >= 0.6 is 0 Å². The van der Waals surface area contributed by atoms with Crippen molar-refractivity contribution in [3.8, 4) is 5.75 Å². The number of aromatic amines is 1. The van der Waals surface area contributed by atoms with E-state index >= 15 is 0 Å². The van der Waals surface area contributed by atoms with Crippen molar-refractivity contribution < 1.29 is 4.74 Å². The van der Waals surface area contributed by atoms with Crippen LogP contribution in [0.25, 0.3) is 11.2 Å². The summed E-state index contributed by atoms with van der Waals surface area (Å²) < 4.78 is 7.39. The molecule has 3 heterocycles. The standard InChI is InChI=1S/C20H26N6O2/c1-13-6-4-8-16(18(13)28-3)12-25-9-5-7-15(10-25)11-26-19-17(23-24-26)20(27)22-14(2)21-19/h4,6,8,15H,5,7,9-12H2,1-3H3,(H,21,22,27)/t15-/m1/s1. The lowest BCUT2D eigenvalue weighted by Crippen LogP contribution is -2.36. The summed E-state index contributed by atoms with van der Waals surface area (Å²) in [5.41, 5.74) is 3.03. The third kappa shape index (κ3) is 3.64. The molecular weight excluding hydrogens is 356 g/mol. The number of hydrogen-bond acceptors (Lipinski definition) is 6. The van der Waals surface area contributed by atoms with Crippen molar-refractivity contribution in [1.29, 1.82) is 0 Å². The van der Waals surface area contributed by atoms with E-state index in [1.165, 1.54) is 5.56 Å². The number of ether oxygens (including phenoxy) is 1. The molecule has 1 N–H and O–H groups in total. The van der Waals surface area contributed by atoms with Gasteiger partial charge >= 0.3 is 0 Å². The lowest BCUT2D eigenvalue weighted by atomic mass is 9.97. The molecule has 0 radical (unpaired) electrons. The Morgan fingerprint density at radius 3 is 3.00 bits per heavy atom. The van der Waals surface area contributed by atoms with Gasteiger partial charge in [-0.25, -0.2) is 9.67 Å². The van der Waals surface area contributed by atoms with E-state index < -0.39 is 0 Å². The summed E-state index contributed by atoms with van der Waals surface area (Å²) in [6, 6.07) is 6.30. The van der Waals surface area contributed by atoms with Gasteiger partial charge < -0.3 is 9.72 Å². The van der Waals surface area contributed by atoms with Crippen LogP contribution in [0.4, 0.5) is 0 Å². The molecule has 1 atom stereocenters. The van der Waals surface area contributed by atoms with Gasteiger partial charge in [0.1, 0.15) is 11.6 Å². The molecule has 28 heavy (non-hydrogen) atoms. The zero-order chi connectivity index (χ0) is 19.7. The van der Waals surface area contributed by atoms with Gasteiger partial charge in [-0.15, -0.1) is 5.10 Å². The molecule has 1 saturated heterocycles. The molecule has 0 spiro atoms. The summed E-state index contributed by atoms with van der Waals surface area (Å²) in [4.78, 5) is 21.6. The van der Waals surface area contributed by atoms with E-state index in [0.29, 0.717) is 29.5 Å². The van der Waals surface area contributed by atoms with Crippen LogP contribution in [0.3, 0.4) is 0 Å². The monoisotopic (exact) mass is 382 g/mol. The lowest BCUT2D eigenvalue weighted by molar-refractivity contribution is 0.152. The fraction of sp³-hybridized carbons (Fsp3) is 0.500. The molecule has 1 aromatic carbocycles. The molecule has 0 saturated carbocycles. The second-order valence-electron chi connectivity index (χ2n) is 7.61. The molecule has 0 aliphatic carbocycles. The number of para-hydroxylation sites is 1. The van der Waals surface area contributed by atoms with Gasteiger partial charge in [-0.3, -0.25) is 9.69 Å². The van der Waals surface area contributed by atoms with Crippen LogP contribution < -0.4 is 10.3 Å². The van der Waals surface area contributed by atoms with Crippen LogP contribution in [0.1, 0.15) is 29.8 Å². The maximum Gasteiger partial charge on any atom is 0.281 e. The SMILES string of the molecule is COc1c(C)cccc1CN1CCC[C@@H](Cn2nnc3c(=O)[nH]c(C)nc32)C1. The van der Waals surface area contributed by atoms with Crippen LogP contribution in [0.15, 0.2) is 23.0 Å². The van der Waals surface area contributed by atoms with E-state index in [1.807, 2.05) is 0 Å². The maximum atomic E-state index is 12.0. The highest BCUT2D eigenvalue weighted by Crippen LogP contribution is 2.27. The third-order valence-electron chi connectivity index (χ3n) is 5.42. The molecule has 8 nitrogen and oxygen atoms in total. The van der Waals surface area contributed by atoms with E-state index in [-0.39, 0.29) is 5.56 Å². The average molecular weight is 382 g/mol. The summed E-state index contributed by atoms with van der Waals surface area (Å²) in [7, 11) is 1.73. The predicted molar refractivity (Wildman–Crippen MR) is 106 cm³/mol. The molecule has 3 aromatic rings. The van der Waals surface area contributed by atoms with E-state index in [2.05, 4.69) is 50.3 Å². The van der Waals surface area contributed by atoms with Crippen molar-refractivity contribution in [2.24, 2.45) is 5.92 Å². The number of aromatic nitrogens is 5. The van der Waals surface area contributed by atoms with Crippen molar-refractivity contribution in [1.82, 2.24) is 29.9 Å². The second kappa shape index (κ2) is 7.71. The number of methoxy groups -OCH3 is 1. The van der Waals surface area contributed by atoms with Crippen molar-refractivity contribution in [3.05, 3.63) is 45.5 Å². The molecule has 1 aliphatic rings. The molecular formula is C20H26N6O2. The van der Waals surface area contributed by atoms with Gasteiger partial charge in [-0.1, -0.05) is 23.4 Å². The Morgan fingerprint density at radius 2 is 2.18 bits per heavy atom. The average Bonchev–Trinajstić information content (AvgIpc) is 3.05. The topological polar surface area (TPSA) is 88.9 Å². The Bertz CT molecular complexity index is 1040. The number of likely N-dealkylation sites (tertiary alicyclic amines) is 1. The highest BCUT2D eigenvalue weighted by Gasteiger charge is 2.23. The van der Waals surface area contributed by atoms with E-state index in [0.717, 1.165) is 43.8 Å². The molecule has 148 valence electrons. The zero-order valence-electron chi connectivity index (χ0n) is 16.6. The number of piperidine rings is 1. The van der Waals surface area contributed by atoms with Crippen LogP contribution in [-0.4, -0.2) is 50.1 Å². The molecule has 0 bridgehead atoms. The van der Waals surface area contributed by atoms with Crippen LogP contribution in [0, 0.1) is 19.8 Å². The Hall–Kier alpha value is -2.74. The maximum absolute atomic E-state index is 12.0. The minimum atomic E-state index is -0.231. The molecule has 1 aliphatic heterocycles. The van der Waals surface area contributed by atoms with Crippen molar-refractivity contribution in [2.75, 3.05) is 20.2 Å². The summed E-state index contributed by atoms with van der Waals surface area (Å²) in [6.45, 7) is 7.48. The first-order chi connectivity index (χ1) is 13.5. The summed E-state index contributed by atoms with van der Waals surface area (Å²) >= 11 is 0. The van der Waals surface area contributed by atoms with Crippen LogP contribution in [0.5, 0.6) is 5.75 Å². The molecule has 0 unspecified atom stereocenters. The predicted octanol–water partition coefficient (Wildman–Crippen LogP) is 2.05. The van der Waals surface area contributed by atoms with Gasteiger partial charge in [0.05, 0.1) is 7.11 Å². The summed E-state index contributed by atoms with van der Waals surface area (Å²) in [6.07, 6.45) is 2.27. The second-order valence-corrected chi connectivity index (χ2v) is 7.61. The van der Waals surface area contributed by atoms with E-state index in [9.17, 15) is 4.79 Å².